The quantitative estimate of drug-likeness (QED) is 0.421. The maximum absolute atomic E-state index is 15.0. The standard InChI is InChI=1S/C24H15FN2O5/c1-26(2)21-15(25)7-13-20-23(21)32-19-8-12-11-5-3-4-6-17(11)31-18(12)9-16(19)27(20)10-14(22(13)28)24(29)30/h3-10H,1-2H3,(H,29,30). The molecule has 0 fully saturated rings. The number of benzene rings is 3. The lowest BCUT2D eigenvalue weighted by molar-refractivity contribution is 0.0695. The number of fused-ring (bicyclic) bond motifs is 5. The van der Waals surface area contributed by atoms with E-state index in [9.17, 15) is 14.7 Å². The highest BCUT2D eigenvalue weighted by Gasteiger charge is 2.30. The summed E-state index contributed by atoms with van der Waals surface area (Å²) in [6.07, 6.45) is 1.25. The molecule has 1 aliphatic rings. The first-order valence-electron chi connectivity index (χ1n) is 9.81. The third-order valence-electron chi connectivity index (χ3n) is 5.78. The Bertz CT molecular complexity index is 1700. The molecule has 0 bridgehead atoms. The van der Waals surface area contributed by atoms with Crippen LogP contribution >= 0.6 is 0 Å². The Morgan fingerprint density at radius 2 is 1.84 bits per heavy atom. The Kier molecular flexibility index (Phi) is 3.52. The van der Waals surface area contributed by atoms with E-state index in [2.05, 4.69) is 0 Å². The molecule has 0 aliphatic carbocycles. The Hall–Kier alpha value is -4.33. The smallest absolute Gasteiger partial charge is 0.341 e. The highest BCUT2D eigenvalue weighted by Crippen LogP contribution is 2.47. The zero-order valence-electron chi connectivity index (χ0n) is 17.0. The summed E-state index contributed by atoms with van der Waals surface area (Å²) in [4.78, 5) is 26.2. The summed E-state index contributed by atoms with van der Waals surface area (Å²) >= 11 is 0. The average molecular weight is 430 g/mol. The number of carboxylic acids is 1. The number of nitrogens with zero attached hydrogens (tertiary/aromatic N) is 2. The van der Waals surface area contributed by atoms with Gasteiger partial charge in [-0.05, 0) is 18.2 Å². The fourth-order valence-corrected chi connectivity index (χ4v) is 4.39. The largest absolute Gasteiger partial charge is 0.477 e. The van der Waals surface area contributed by atoms with Crippen molar-refractivity contribution in [3.63, 3.8) is 0 Å². The van der Waals surface area contributed by atoms with E-state index < -0.39 is 22.8 Å². The normalized spacial score (nSPS) is 12.2. The number of anilines is 1. The molecular formula is C24H15FN2O5. The number of para-hydroxylation sites is 1. The average Bonchev–Trinajstić information content (AvgIpc) is 3.11. The van der Waals surface area contributed by atoms with Crippen LogP contribution in [-0.2, 0) is 0 Å². The van der Waals surface area contributed by atoms with Crippen molar-refractivity contribution in [1.82, 2.24) is 4.57 Å². The van der Waals surface area contributed by atoms with Crippen LogP contribution in [0.15, 0.2) is 57.9 Å². The van der Waals surface area contributed by atoms with Crippen LogP contribution < -0.4 is 15.1 Å². The maximum atomic E-state index is 15.0. The van der Waals surface area contributed by atoms with Gasteiger partial charge in [0.2, 0.25) is 5.43 Å². The number of aromatic nitrogens is 1. The zero-order valence-corrected chi connectivity index (χ0v) is 17.0. The summed E-state index contributed by atoms with van der Waals surface area (Å²) in [6.45, 7) is 0. The van der Waals surface area contributed by atoms with E-state index >= 15 is 4.39 Å². The van der Waals surface area contributed by atoms with Gasteiger partial charge in [0.1, 0.15) is 27.9 Å². The first kappa shape index (κ1) is 18.4. The number of rotatable bonds is 2. The van der Waals surface area contributed by atoms with Crippen LogP contribution in [0.4, 0.5) is 10.1 Å². The predicted molar refractivity (Wildman–Crippen MR) is 118 cm³/mol. The van der Waals surface area contributed by atoms with E-state index in [0.29, 0.717) is 28.1 Å². The second kappa shape index (κ2) is 6.10. The third-order valence-corrected chi connectivity index (χ3v) is 5.78. The Morgan fingerprint density at radius 1 is 1.06 bits per heavy atom. The monoisotopic (exact) mass is 430 g/mol. The molecule has 0 amide bonds. The topological polar surface area (TPSA) is 84.9 Å². The predicted octanol–water partition coefficient (Wildman–Crippen LogP) is 4.90. The number of furan rings is 1. The molecule has 0 saturated heterocycles. The molecule has 158 valence electrons. The minimum atomic E-state index is -1.39. The van der Waals surface area contributed by atoms with Gasteiger partial charge in [0, 0.05) is 37.1 Å². The fraction of sp³-hybridized carbons (Fsp3) is 0.0833. The molecule has 1 aliphatic heterocycles. The van der Waals surface area contributed by atoms with Crippen molar-refractivity contribution in [2.75, 3.05) is 19.0 Å². The van der Waals surface area contributed by atoms with Gasteiger partial charge in [0.15, 0.2) is 17.3 Å². The second-order valence-electron chi connectivity index (χ2n) is 7.89. The van der Waals surface area contributed by atoms with Gasteiger partial charge >= 0.3 is 5.97 Å². The molecule has 0 radical (unpaired) electrons. The van der Waals surface area contributed by atoms with Gasteiger partial charge in [0.25, 0.3) is 0 Å². The number of aromatic carboxylic acids is 1. The molecular weight excluding hydrogens is 415 g/mol. The van der Waals surface area contributed by atoms with Gasteiger partial charge in [-0.1, -0.05) is 18.2 Å². The summed E-state index contributed by atoms with van der Waals surface area (Å²) in [5.41, 5.74) is 0.996. The molecule has 7 nitrogen and oxygen atoms in total. The summed E-state index contributed by atoms with van der Waals surface area (Å²) in [5.74, 6) is -1.52. The van der Waals surface area contributed by atoms with E-state index in [1.54, 1.807) is 35.7 Å². The highest BCUT2D eigenvalue weighted by molar-refractivity contribution is 6.07. The number of hydrogen-bond acceptors (Lipinski definition) is 5. The van der Waals surface area contributed by atoms with Crippen LogP contribution in [0.25, 0.3) is 38.5 Å². The molecule has 1 N–H and O–H groups in total. The lowest BCUT2D eigenvalue weighted by Gasteiger charge is -2.27. The number of hydrogen-bond donors (Lipinski definition) is 1. The molecule has 0 saturated carbocycles. The van der Waals surface area contributed by atoms with Crippen molar-refractivity contribution in [3.8, 4) is 17.2 Å². The lowest BCUT2D eigenvalue weighted by atomic mass is 10.0. The first-order chi connectivity index (χ1) is 15.3. The molecule has 8 heteroatoms. The molecule has 3 heterocycles. The number of halogens is 1. The summed E-state index contributed by atoms with van der Waals surface area (Å²) in [6, 6.07) is 12.1. The molecule has 0 atom stereocenters. The van der Waals surface area contributed by atoms with Gasteiger partial charge in [-0.3, -0.25) is 4.79 Å². The van der Waals surface area contributed by atoms with E-state index in [1.165, 1.54) is 6.20 Å². The number of pyridine rings is 1. The van der Waals surface area contributed by atoms with Gasteiger partial charge < -0.3 is 23.7 Å². The second-order valence-corrected chi connectivity index (χ2v) is 7.89. The minimum Gasteiger partial charge on any atom is -0.477 e. The highest BCUT2D eigenvalue weighted by atomic mass is 19.1. The van der Waals surface area contributed by atoms with Crippen LogP contribution in [0, 0.1) is 5.82 Å². The summed E-state index contributed by atoms with van der Waals surface area (Å²) < 4.78 is 28.7. The first-order valence-corrected chi connectivity index (χ1v) is 9.81. The molecule has 6 rings (SSSR count). The Morgan fingerprint density at radius 3 is 2.59 bits per heavy atom. The van der Waals surface area contributed by atoms with Crippen molar-refractivity contribution >= 4 is 44.5 Å². The van der Waals surface area contributed by atoms with E-state index in [0.717, 1.165) is 16.8 Å². The molecule has 0 unspecified atom stereocenters. The Labute approximate surface area is 179 Å². The van der Waals surface area contributed by atoms with Crippen molar-refractivity contribution in [2.24, 2.45) is 0 Å². The van der Waals surface area contributed by atoms with Crippen LogP contribution in [0.5, 0.6) is 11.5 Å². The van der Waals surface area contributed by atoms with Crippen molar-refractivity contribution in [3.05, 3.63) is 70.3 Å². The van der Waals surface area contributed by atoms with Crippen LogP contribution in [0.3, 0.4) is 0 Å². The van der Waals surface area contributed by atoms with Gasteiger partial charge in [-0.2, -0.15) is 0 Å². The Balaban J connectivity index is 1.80. The number of carboxylic acid groups (broad SMARTS) is 1. The maximum Gasteiger partial charge on any atom is 0.341 e. The molecule has 5 aromatic rings. The van der Waals surface area contributed by atoms with Crippen molar-refractivity contribution < 1.29 is 23.4 Å². The molecule has 0 spiro atoms. The van der Waals surface area contributed by atoms with Gasteiger partial charge in [0.05, 0.1) is 11.1 Å². The molecule has 2 aromatic heterocycles. The number of carbonyl (C=O) groups is 1. The lowest BCUT2D eigenvalue weighted by Crippen LogP contribution is -2.22. The van der Waals surface area contributed by atoms with E-state index in [-0.39, 0.29) is 16.8 Å². The summed E-state index contributed by atoms with van der Waals surface area (Å²) in [5, 5.41) is 11.2. The van der Waals surface area contributed by atoms with Crippen LogP contribution in [0.2, 0.25) is 0 Å². The SMILES string of the molecule is CN(C)c1c(F)cc2c(=O)c(C(=O)O)cn3c2c1Oc1cc2c(cc1-3)oc1ccccc12. The van der Waals surface area contributed by atoms with Crippen LogP contribution in [-0.4, -0.2) is 29.7 Å². The van der Waals surface area contributed by atoms with Crippen molar-refractivity contribution in [2.45, 2.75) is 0 Å². The number of ether oxygens (including phenoxy) is 1. The fourth-order valence-electron chi connectivity index (χ4n) is 4.39. The summed E-state index contributed by atoms with van der Waals surface area (Å²) in [7, 11) is 3.33. The molecule has 32 heavy (non-hydrogen) atoms. The van der Waals surface area contributed by atoms with Crippen molar-refractivity contribution in [1.29, 1.82) is 0 Å². The molecule has 3 aromatic carbocycles. The van der Waals surface area contributed by atoms with Gasteiger partial charge in [-0.15, -0.1) is 0 Å². The van der Waals surface area contributed by atoms with E-state index in [4.69, 9.17) is 9.15 Å². The third kappa shape index (κ3) is 2.29. The minimum absolute atomic E-state index is 0.0710. The van der Waals surface area contributed by atoms with Gasteiger partial charge in [-0.25, -0.2) is 9.18 Å². The van der Waals surface area contributed by atoms with E-state index in [1.807, 2.05) is 24.3 Å². The van der Waals surface area contributed by atoms with Crippen LogP contribution in [0.1, 0.15) is 10.4 Å². The zero-order chi connectivity index (χ0) is 22.3.